The molecule has 0 saturated carbocycles. The summed E-state index contributed by atoms with van der Waals surface area (Å²) in [6.07, 6.45) is 9.70. The fourth-order valence-electron chi connectivity index (χ4n) is 4.20. The monoisotopic (exact) mass is 376 g/mol. The molecular formula is C21H28O4S. The summed E-state index contributed by atoms with van der Waals surface area (Å²) in [6.45, 7) is 0. The minimum Gasteiger partial charge on any atom is -0.616 e. The van der Waals surface area contributed by atoms with E-state index in [4.69, 9.17) is 9.84 Å². The maximum Gasteiger partial charge on any atom is 0.303 e. The van der Waals surface area contributed by atoms with Crippen LogP contribution in [0.1, 0.15) is 44.1 Å². The van der Waals surface area contributed by atoms with E-state index in [2.05, 4.69) is 12.2 Å². The number of ether oxygens (including phenoxy) is 1. The highest BCUT2D eigenvalue weighted by atomic mass is 32.2. The second-order valence-electron chi connectivity index (χ2n) is 7.35. The van der Waals surface area contributed by atoms with Crippen LogP contribution in [0.5, 0.6) is 0 Å². The molecule has 2 aliphatic rings. The molecule has 5 atom stereocenters. The maximum absolute atomic E-state index is 12.7. The van der Waals surface area contributed by atoms with E-state index < -0.39 is 17.1 Å². The van der Waals surface area contributed by atoms with Gasteiger partial charge in [0.15, 0.2) is 0 Å². The molecule has 0 aromatic heterocycles. The molecule has 2 saturated heterocycles. The first kappa shape index (κ1) is 19.5. The summed E-state index contributed by atoms with van der Waals surface area (Å²) in [4.78, 5) is 10.5. The van der Waals surface area contributed by atoms with Crippen LogP contribution in [0.25, 0.3) is 0 Å². The van der Waals surface area contributed by atoms with Gasteiger partial charge in [-0.1, -0.05) is 42.5 Å². The van der Waals surface area contributed by atoms with Gasteiger partial charge >= 0.3 is 5.97 Å². The number of carbonyl (C=O) groups is 1. The standard InChI is InChI=1S/C21H28O4S/c22-21(23)11-7-2-1-6-10-17-18(20-13-12-19(17)25-20)15-26(24)14-16-8-4-3-5-9-16/h1,3-6,8-9,17-20H,2,7,10-15H2,(H,22,23)/b6-1-/t17-,18+,19-,20+,26?/m1/s1. The van der Waals surface area contributed by atoms with Crippen LogP contribution in [-0.4, -0.2) is 33.6 Å². The van der Waals surface area contributed by atoms with Crippen molar-refractivity contribution in [1.82, 2.24) is 0 Å². The van der Waals surface area contributed by atoms with Gasteiger partial charge < -0.3 is 14.4 Å². The summed E-state index contributed by atoms with van der Waals surface area (Å²) in [5.41, 5.74) is 1.13. The van der Waals surface area contributed by atoms with Crippen molar-refractivity contribution in [3.05, 3.63) is 48.0 Å². The lowest BCUT2D eigenvalue weighted by molar-refractivity contribution is -0.137. The molecule has 0 aliphatic carbocycles. The van der Waals surface area contributed by atoms with Crippen LogP contribution in [0.4, 0.5) is 0 Å². The Bertz CT molecular complexity index is 603. The zero-order valence-corrected chi connectivity index (χ0v) is 15.9. The molecule has 1 N–H and O–H groups in total. The number of hydrogen-bond acceptors (Lipinski definition) is 3. The van der Waals surface area contributed by atoms with Gasteiger partial charge in [0.25, 0.3) is 0 Å². The number of carboxylic acids is 1. The van der Waals surface area contributed by atoms with E-state index in [-0.39, 0.29) is 12.5 Å². The molecule has 0 amide bonds. The van der Waals surface area contributed by atoms with Crippen LogP contribution >= 0.6 is 0 Å². The van der Waals surface area contributed by atoms with Crippen LogP contribution in [0.15, 0.2) is 42.5 Å². The molecule has 2 aliphatic heterocycles. The van der Waals surface area contributed by atoms with Crippen LogP contribution in [0.2, 0.25) is 0 Å². The number of carboxylic acid groups (broad SMARTS) is 1. The van der Waals surface area contributed by atoms with E-state index in [1.165, 1.54) is 0 Å². The third-order valence-electron chi connectivity index (χ3n) is 5.48. The molecule has 1 aromatic carbocycles. The first-order valence-corrected chi connectivity index (χ1v) is 11.0. The fraction of sp³-hybridized carbons (Fsp3) is 0.571. The van der Waals surface area contributed by atoms with Crippen LogP contribution in [0.3, 0.4) is 0 Å². The second kappa shape index (κ2) is 9.58. The Labute approximate surface area is 158 Å². The lowest BCUT2D eigenvalue weighted by Gasteiger charge is -2.27. The number of allylic oxidation sites excluding steroid dienone is 2. The van der Waals surface area contributed by atoms with Gasteiger partial charge in [0.1, 0.15) is 11.5 Å². The molecule has 2 bridgehead atoms. The van der Waals surface area contributed by atoms with Crippen molar-refractivity contribution in [2.75, 3.05) is 5.75 Å². The number of aliphatic carboxylic acids is 1. The largest absolute Gasteiger partial charge is 0.616 e. The van der Waals surface area contributed by atoms with Gasteiger partial charge in [-0.25, -0.2) is 0 Å². The quantitative estimate of drug-likeness (QED) is 0.382. The van der Waals surface area contributed by atoms with E-state index in [9.17, 15) is 9.35 Å². The van der Waals surface area contributed by atoms with Gasteiger partial charge in [0.2, 0.25) is 0 Å². The highest BCUT2D eigenvalue weighted by molar-refractivity contribution is 7.90. The fourth-order valence-corrected chi connectivity index (χ4v) is 5.78. The second-order valence-corrected chi connectivity index (χ2v) is 8.85. The summed E-state index contributed by atoms with van der Waals surface area (Å²) < 4.78 is 18.8. The van der Waals surface area contributed by atoms with E-state index >= 15 is 0 Å². The Balaban J connectivity index is 1.48. The number of benzene rings is 1. The Morgan fingerprint density at radius 3 is 2.65 bits per heavy atom. The van der Waals surface area contributed by atoms with Gasteiger partial charge in [-0.15, -0.1) is 0 Å². The first-order chi connectivity index (χ1) is 12.6. The molecule has 1 unspecified atom stereocenters. The average Bonchev–Trinajstić information content (AvgIpc) is 3.21. The van der Waals surface area contributed by atoms with E-state index in [1.54, 1.807) is 0 Å². The van der Waals surface area contributed by atoms with E-state index in [0.717, 1.165) is 31.2 Å². The molecule has 0 spiro atoms. The van der Waals surface area contributed by atoms with Crippen molar-refractivity contribution in [3.8, 4) is 0 Å². The third-order valence-corrected chi connectivity index (χ3v) is 6.89. The third kappa shape index (κ3) is 5.35. The molecule has 2 heterocycles. The van der Waals surface area contributed by atoms with Gasteiger partial charge in [-0.2, -0.15) is 0 Å². The Morgan fingerprint density at radius 2 is 1.92 bits per heavy atom. The minimum absolute atomic E-state index is 0.225. The Morgan fingerprint density at radius 1 is 1.19 bits per heavy atom. The summed E-state index contributed by atoms with van der Waals surface area (Å²) in [7, 11) is 0. The summed E-state index contributed by atoms with van der Waals surface area (Å²) in [5.74, 6) is 1.42. The van der Waals surface area contributed by atoms with Crippen molar-refractivity contribution in [1.29, 1.82) is 0 Å². The molecule has 2 fully saturated rings. The highest BCUT2D eigenvalue weighted by Gasteiger charge is 2.49. The van der Waals surface area contributed by atoms with E-state index in [1.807, 2.05) is 30.3 Å². The average molecular weight is 377 g/mol. The topological polar surface area (TPSA) is 69.6 Å². The van der Waals surface area contributed by atoms with Crippen LogP contribution in [0, 0.1) is 11.8 Å². The summed E-state index contributed by atoms with van der Waals surface area (Å²) in [6, 6.07) is 10.0. The minimum atomic E-state index is -0.868. The molecule has 1 aromatic rings. The molecular weight excluding hydrogens is 348 g/mol. The maximum atomic E-state index is 12.7. The van der Waals surface area contributed by atoms with Crippen molar-refractivity contribution in [2.45, 2.75) is 56.5 Å². The predicted octanol–water partition coefficient (Wildman–Crippen LogP) is 3.93. The summed E-state index contributed by atoms with van der Waals surface area (Å²) in [5, 5.41) is 8.67. The van der Waals surface area contributed by atoms with Gasteiger partial charge in [-0.05, 0) is 49.2 Å². The molecule has 142 valence electrons. The predicted molar refractivity (Wildman–Crippen MR) is 103 cm³/mol. The van der Waals surface area contributed by atoms with Crippen LogP contribution in [-0.2, 0) is 26.5 Å². The van der Waals surface area contributed by atoms with Gasteiger partial charge in [-0.3, -0.25) is 4.79 Å². The lowest BCUT2D eigenvalue weighted by atomic mass is 9.78. The van der Waals surface area contributed by atoms with Gasteiger partial charge in [0.05, 0.1) is 12.2 Å². The molecule has 5 heteroatoms. The Kier molecular flexibility index (Phi) is 7.17. The number of rotatable bonds is 10. The summed E-state index contributed by atoms with van der Waals surface area (Å²) >= 11 is -0.868. The SMILES string of the molecule is O=C(O)CCC/C=C\C[C@@H]1[C@H](C[S+]([O-])Cc2ccccc2)[C@@H]2CC[C@H]1O2. The normalized spacial score (nSPS) is 28.7. The zero-order chi connectivity index (χ0) is 18.4. The first-order valence-electron chi connectivity index (χ1n) is 9.54. The van der Waals surface area contributed by atoms with Gasteiger partial charge in [0, 0.05) is 17.9 Å². The van der Waals surface area contributed by atoms with E-state index in [0.29, 0.717) is 35.9 Å². The Hall–Kier alpha value is -1.30. The molecule has 3 rings (SSSR count). The van der Waals surface area contributed by atoms with Crippen LogP contribution < -0.4 is 0 Å². The number of hydrogen-bond donors (Lipinski definition) is 1. The molecule has 26 heavy (non-hydrogen) atoms. The molecule has 0 radical (unpaired) electrons. The van der Waals surface area contributed by atoms with Crippen molar-refractivity contribution < 1.29 is 19.2 Å². The van der Waals surface area contributed by atoms with Crippen molar-refractivity contribution >= 4 is 17.1 Å². The molecule has 4 nitrogen and oxygen atoms in total. The number of unbranched alkanes of at least 4 members (excludes halogenated alkanes) is 1. The zero-order valence-electron chi connectivity index (χ0n) is 15.1. The smallest absolute Gasteiger partial charge is 0.303 e. The van der Waals surface area contributed by atoms with Crippen molar-refractivity contribution in [2.24, 2.45) is 11.8 Å². The van der Waals surface area contributed by atoms with Crippen molar-refractivity contribution in [3.63, 3.8) is 0 Å². The number of fused-ring (bicyclic) bond motifs is 2. The lowest BCUT2D eigenvalue weighted by Crippen LogP contribution is -2.33. The highest BCUT2D eigenvalue weighted by Crippen LogP contribution is 2.45.